The maximum Gasteiger partial charge on any atom is 0.437 e. The molecule has 4 nitrogen and oxygen atoms in total. The van der Waals surface area contributed by atoms with Crippen molar-refractivity contribution in [2.75, 3.05) is 13.6 Å². The summed E-state index contributed by atoms with van der Waals surface area (Å²) < 4.78 is 30.2. The molecule has 0 aromatic carbocycles. The average molecular weight is 202 g/mol. The van der Waals surface area contributed by atoms with E-state index in [1.807, 2.05) is 0 Å². The molecule has 1 rings (SSSR count). The van der Waals surface area contributed by atoms with Crippen LogP contribution in [0.15, 0.2) is 36.6 Å². The van der Waals surface area contributed by atoms with E-state index in [4.69, 9.17) is 4.55 Å². The molecule has 0 saturated heterocycles. The van der Waals surface area contributed by atoms with E-state index in [2.05, 4.69) is 6.58 Å². The molecule has 0 aromatic rings. The standard InChI is InChI=1S/C8H11NO3S/c1-3-8-4-6-9(2,7-5-8)13(10,11)12/h3-6H,1,7H2,2H3/p+1. The SMILES string of the molecule is C=CC1=CC[N+](C)(S(=O)(=O)O)C=C1. The van der Waals surface area contributed by atoms with Gasteiger partial charge in [-0.1, -0.05) is 12.7 Å². The minimum atomic E-state index is -4.09. The Morgan fingerprint density at radius 2 is 2.31 bits per heavy atom. The Balaban J connectivity index is 3.00. The molecule has 1 atom stereocenters. The molecular formula is C8H12NO3S+. The normalized spacial score (nSPS) is 28.3. The van der Waals surface area contributed by atoms with Crippen LogP contribution >= 0.6 is 0 Å². The number of allylic oxidation sites excluding steroid dienone is 3. The van der Waals surface area contributed by atoms with Crippen LogP contribution in [0.5, 0.6) is 0 Å². The van der Waals surface area contributed by atoms with Crippen molar-refractivity contribution in [2.45, 2.75) is 0 Å². The largest absolute Gasteiger partial charge is 0.437 e. The quantitative estimate of drug-likeness (QED) is 0.534. The van der Waals surface area contributed by atoms with Gasteiger partial charge in [0.05, 0.1) is 7.05 Å². The van der Waals surface area contributed by atoms with Gasteiger partial charge in [0.15, 0.2) is 0 Å². The van der Waals surface area contributed by atoms with Gasteiger partial charge in [-0.05, 0) is 17.7 Å². The van der Waals surface area contributed by atoms with E-state index in [-0.39, 0.29) is 6.54 Å². The molecule has 0 saturated carbocycles. The predicted octanol–water partition coefficient (Wildman–Crippen LogP) is 0.875. The summed E-state index contributed by atoms with van der Waals surface area (Å²) in [5.74, 6) is 0. The Hall–Kier alpha value is -0.910. The first kappa shape index (κ1) is 10.2. The number of rotatable bonds is 2. The minimum absolute atomic E-state index is 0.219. The van der Waals surface area contributed by atoms with Gasteiger partial charge in [0.1, 0.15) is 12.7 Å². The number of nitrogens with zero attached hydrogens (tertiary/aromatic N) is 1. The van der Waals surface area contributed by atoms with Gasteiger partial charge in [-0.2, -0.15) is 3.89 Å². The molecule has 0 aliphatic carbocycles. The third-order valence-corrected chi connectivity index (χ3v) is 3.36. The summed E-state index contributed by atoms with van der Waals surface area (Å²) in [6.07, 6.45) is 6.38. The highest BCUT2D eigenvalue weighted by molar-refractivity contribution is 7.80. The molecule has 1 unspecified atom stereocenters. The Kier molecular flexibility index (Phi) is 2.42. The van der Waals surface area contributed by atoms with E-state index in [1.54, 1.807) is 18.2 Å². The minimum Gasteiger partial charge on any atom is -0.241 e. The van der Waals surface area contributed by atoms with Crippen molar-refractivity contribution >= 4 is 10.3 Å². The van der Waals surface area contributed by atoms with E-state index in [0.29, 0.717) is 0 Å². The fraction of sp³-hybridized carbons (Fsp3) is 0.250. The van der Waals surface area contributed by atoms with Crippen LogP contribution in [0.2, 0.25) is 0 Å². The fourth-order valence-corrected chi connectivity index (χ4v) is 1.46. The Morgan fingerprint density at radius 3 is 2.62 bits per heavy atom. The monoisotopic (exact) mass is 202 g/mol. The molecule has 0 fully saturated rings. The fourth-order valence-electron chi connectivity index (χ4n) is 0.982. The molecular weight excluding hydrogens is 190 g/mol. The van der Waals surface area contributed by atoms with E-state index in [9.17, 15) is 8.42 Å². The van der Waals surface area contributed by atoms with Crippen molar-refractivity contribution in [3.63, 3.8) is 0 Å². The van der Waals surface area contributed by atoms with Crippen LogP contribution in [0.1, 0.15) is 0 Å². The predicted molar refractivity (Wildman–Crippen MR) is 50.0 cm³/mol. The molecule has 5 heteroatoms. The van der Waals surface area contributed by atoms with Crippen LogP contribution in [0.4, 0.5) is 0 Å². The van der Waals surface area contributed by atoms with Gasteiger partial charge in [0.2, 0.25) is 0 Å². The molecule has 0 aromatic heterocycles. The first-order valence-electron chi connectivity index (χ1n) is 3.74. The van der Waals surface area contributed by atoms with Gasteiger partial charge >= 0.3 is 10.3 Å². The lowest BCUT2D eigenvalue weighted by molar-refractivity contribution is -0.727. The van der Waals surface area contributed by atoms with Crippen molar-refractivity contribution in [1.29, 1.82) is 0 Å². The second-order valence-corrected chi connectivity index (χ2v) is 4.76. The van der Waals surface area contributed by atoms with Gasteiger partial charge in [-0.15, -0.1) is 8.42 Å². The summed E-state index contributed by atoms with van der Waals surface area (Å²) in [7, 11) is -2.67. The van der Waals surface area contributed by atoms with Crippen LogP contribution in [0.25, 0.3) is 0 Å². The van der Waals surface area contributed by atoms with E-state index in [1.165, 1.54) is 13.2 Å². The first-order chi connectivity index (χ1) is 5.89. The highest BCUT2D eigenvalue weighted by atomic mass is 32.2. The Bertz CT molecular complexity index is 380. The number of likely N-dealkylation sites (N-methyl/N-ethyl adjacent to an activating group) is 1. The molecule has 0 amide bonds. The zero-order valence-corrected chi connectivity index (χ0v) is 8.16. The zero-order chi connectivity index (χ0) is 10.1. The molecule has 1 N–H and O–H groups in total. The molecule has 1 aliphatic rings. The van der Waals surface area contributed by atoms with E-state index < -0.39 is 14.2 Å². The van der Waals surface area contributed by atoms with Crippen LogP contribution in [0, 0.1) is 0 Å². The third-order valence-electron chi connectivity index (χ3n) is 2.03. The maximum atomic E-state index is 10.9. The summed E-state index contributed by atoms with van der Waals surface area (Å²) in [5, 5.41) is 0. The van der Waals surface area contributed by atoms with Crippen molar-refractivity contribution < 1.29 is 16.9 Å². The van der Waals surface area contributed by atoms with Gasteiger partial charge in [0, 0.05) is 0 Å². The topological polar surface area (TPSA) is 54.4 Å². The molecule has 1 aliphatic heterocycles. The second kappa shape index (κ2) is 3.10. The van der Waals surface area contributed by atoms with Crippen molar-refractivity contribution in [3.8, 4) is 0 Å². The first-order valence-corrected chi connectivity index (χ1v) is 5.13. The van der Waals surface area contributed by atoms with Gasteiger partial charge in [-0.3, -0.25) is 0 Å². The van der Waals surface area contributed by atoms with Crippen LogP contribution < -0.4 is 0 Å². The summed E-state index contributed by atoms with van der Waals surface area (Å²) in [4.78, 5) is 0. The molecule has 0 spiro atoms. The number of hydrogen-bond donors (Lipinski definition) is 1. The second-order valence-electron chi connectivity index (χ2n) is 3.03. The zero-order valence-electron chi connectivity index (χ0n) is 7.34. The lowest BCUT2D eigenvalue weighted by Gasteiger charge is -2.26. The lowest BCUT2D eigenvalue weighted by Crippen LogP contribution is -2.44. The lowest BCUT2D eigenvalue weighted by atomic mass is 10.2. The Labute approximate surface area is 78.0 Å². The Morgan fingerprint density at radius 1 is 1.69 bits per heavy atom. The van der Waals surface area contributed by atoms with Crippen LogP contribution in [0.3, 0.4) is 0 Å². The van der Waals surface area contributed by atoms with Gasteiger partial charge in [0.25, 0.3) is 0 Å². The molecule has 0 bridgehead atoms. The molecule has 0 radical (unpaired) electrons. The molecule has 72 valence electrons. The number of quaternary nitrogens is 1. The third kappa shape index (κ3) is 1.88. The van der Waals surface area contributed by atoms with Crippen molar-refractivity contribution in [1.82, 2.24) is 0 Å². The van der Waals surface area contributed by atoms with E-state index in [0.717, 1.165) is 5.57 Å². The maximum absolute atomic E-state index is 10.9. The van der Waals surface area contributed by atoms with Crippen LogP contribution in [-0.4, -0.2) is 30.5 Å². The van der Waals surface area contributed by atoms with Gasteiger partial charge in [-0.25, -0.2) is 4.55 Å². The highest BCUT2D eigenvalue weighted by Gasteiger charge is 2.34. The van der Waals surface area contributed by atoms with Crippen LogP contribution in [-0.2, 0) is 10.3 Å². The molecule has 1 heterocycles. The smallest absolute Gasteiger partial charge is 0.241 e. The molecule has 13 heavy (non-hydrogen) atoms. The highest BCUT2D eigenvalue weighted by Crippen LogP contribution is 2.18. The average Bonchev–Trinajstić information content (AvgIpc) is 2.04. The summed E-state index contributed by atoms with van der Waals surface area (Å²) in [6, 6.07) is 0. The van der Waals surface area contributed by atoms with Gasteiger partial charge < -0.3 is 0 Å². The van der Waals surface area contributed by atoms with E-state index >= 15 is 0 Å². The van der Waals surface area contributed by atoms with Crippen molar-refractivity contribution in [2.24, 2.45) is 0 Å². The van der Waals surface area contributed by atoms with Crippen molar-refractivity contribution in [3.05, 3.63) is 36.6 Å². The summed E-state index contributed by atoms with van der Waals surface area (Å²) in [6.45, 7) is 3.77. The summed E-state index contributed by atoms with van der Waals surface area (Å²) >= 11 is 0. The summed E-state index contributed by atoms with van der Waals surface area (Å²) in [5.41, 5.74) is 0.860. The number of hydrogen-bond acceptors (Lipinski definition) is 2.